The summed E-state index contributed by atoms with van der Waals surface area (Å²) < 4.78 is 22.4. The van der Waals surface area contributed by atoms with Gasteiger partial charge in [-0.25, -0.2) is 0 Å². The Morgan fingerprint density at radius 3 is 2.39 bits per heavy atom. The van der Waals surface area contributed by atoms with E-state index in [1.165, 1.54) is 32.0 Å². The van der Waals surface area contributed by atoms with E-state index in [-0.39, 0.29) is 64.0 Å². The molecule has 4 rings (SSSR count). The summed E-state index contributed by atoms with van der Waals surface area (Å²) in [6, 6.07) is 3.72. The highest BCUT2D eigenvalue weighted by Crippen LogP contribution is 2.42. The van der Waals surface area contributed by atoms with Gasteiger partial charge in [0, 0.05) is 29.2 Å². The Bertz CT molecular complexity index is 1420. The number of ketones is 2. The summed E-state index contributed by atoms with van der Waals surface area (Å²) in [5, 5.41) is 41.9. The van der Waals surface area contributed by atoms with Gasteiger partial charge in [0.2, 0.25) is 6.29 Å². The lowest BCUT2D eigenvalue weighted by atomic mass is 9.80. The molecule has 0 amide bonds. The summed E-state index contributed by atoms with van der Waals surface area (Å²) in [6.07, 6.45) is -6.20. The second-order valence-electron chi connectivity index (χ2n) is 9.64. The van der Waals surface area contributed by atoms with Crippen molar-refractivity contribution in [1.29, 1.82) is 0 Å². The fourth-order valence-electron chi connectivity index (χ4n) is 4.78. The molecule has 0 aromatic heterocycles. The van der Waals surface area contributed by atoms with Crippen LogP contribution in [-0.4, -0.2) is 87.8 Å². The Labute approximate surface area is 234 Å². The molecule has 220 valence electrons. The second-order valence-corrected chi connectivity index (χ2v) is 9.64. The number of aromatic hydroxyl groups is 1. The number of ether oxygens (including phenoxy) is 4. The smallest absolute Gasteiger partial charge is 0.308 e. The van der Waals surface area contributed by atoms with Crippen LogP contribution in [0.15, 0.2) is 23.2 Å². The predicted octanol–water partition coefficient (Wildman–Crippen LogP) is -0.602. The molecule has 1 aliphatic carbocycles. The lowest BCUT2D eigenvalue weighted by Gasteiger charge is -2.41. The summed E-state index contributed by atoms with van der Waals surface area (Å²) >= 11 is 0. The molecule has 2 aliphatic rings. The Balaban J connectivity index is 1.73. The highest BCUT2D eigenvalue weighted by atomic mass is 16.7. The van der Waals surface area contributed by atoms with Crippen molar-refractivity contribution in [1.82, 2.24) is 0 Å². The largest absolute Gasteiger partial charge is 0.507 e. The number of aliphatic hydroxyl groups excluding tert-OH is 3. The molecule has 41 heavy (non-hydrogen) atoms. The van der Waals surface area contributed by atoms with E-state index in [2.05, 4.69) is 4.99 Å². The molecule has 0 spiro atoms. The van der Waals surface area contributed by atoms with Crippen LogP contribution < -0.4 is 20.9 Å². The molecule has 1 fully saturated rings. The zero-order chi connectivity index (χ0) is 30.2. The fraction of sp³-hybridized carbons (Fsp3) is 0.407. The second kappa shape index (κ2) is 11.8. The van der Waals surface area contributed by atoms with Crippen molar-refractivity contribution >= 4 is 23.5 Å². The van der Waals surface area contributed by atoms with Crippen LogP contribution in [0.5, 0.6) is 17.2 Å². The van der Waals surface area contributed by atoms with Gasteiger partial charge in [0.05, 0.1) is 31.4 Å². The van der Waals surface area contributed by atoms with Crippen molar-refractivity contribution < 1.29 is 53.8 Å². The van der Waals surface area contributed by atoms with Gasteiger partial charge in [0.25, 0.3) is 0 Å². The topological polar surface area (TPSA) is 233 Å². The number of aliphatic imine (C=N–C) groups is 1. The van der Waals surface area contributed by atoms with Gasteiger partial charge in [0.1, 0.15) is 35.6 Å². The number of carbonyl (C=O) groups excluding carboxylic acids is 3. The fourth-order valence-corrected chi connectivity index (χ4v) is 4.78. The van der Waals surface area contributed by atoms with Crippen LogP contribution >= 0.6 is 0 Å². The number of phenols is 1. The number of nitrogens with two attached hydrogens (primary N) is 2. The highest BCUT2D eigenvalue weighted by Gasteiger charge is 2.45. The molecule has 2 aromatic rings. The van der Waals surface area contributed by atoms with E-state index in [0.717, 1.165) is 6.92 Å². The summed E-state index contributed by atoms with van der Waals surface area (Å²) in [6.45, 7) is 3.45. The number of esters is 1. The molecular formula is C27H31N3O11. The average molecular weight is 574 g/mol. The number of benzene rings is 2. The number of guanidine groups is 1. The lowest BCUT2D eigenvalue weighted by Crippen LogP contribution is -2.59. The van der Waals surface area contributed by atoms with Crippen LogP contribution in [0.4, 0.5) is 0 Å². The van der Waals surface area contributed by atoms with Crippen molar-refractivity contribution in [3.8, 4) is 17.2 Å². The van der Waals surface area contributed by atoms with Crippen LogP contribution in [-0.2, 0) is 20.9 Å². The Morgan fingerprint density at radius 1 is 1.07 bits per heavy atom. The highest BCUT2D eigenvalue weighted by molar-refractivity contribution is 6.30. The van der Waals surface area contributed by atoms with Crippen LogP contribution in [0.1, 0.15) is 56.8 Å². The number of phenolic OH excluding ortho intramolecular Hbond substituents is 1. The van der Waals surface area contributed by atoms with Gasteiger partial charge in [-0.05, 0) is 37.6 Å². The molecule has 14 heteroatoms. The Kier molecular flexibility index (Phi) is 8.60. The van der Waals surface area contributed by atoms with E-state index >= 15 is 0 Å². The van der Waals surface area contributed by atoms with E-state index in [1.807, 2.05) is 0 Å². The first-order valence-electron chi connectivity index (χ1n) is 12.6. The lowest BCUT2D eigenvalue weighted by molar-refractivity contribution is -0.278. The third-order valence-corrected chi connectivity index (χ3v) is 6.80. The number of fused-ring (bicyclic) bond motifs is 2. The zero-order valence-corrected chi connectivity index (χ0v) is 22.5. The third-order valence-electron chi connectivity index (χ3n) is 6.80. The van der Waals surface area contributed by atoms with Crippen LogP contribution in [0.2, 0.25) is 0 Å². The minimum absolute atomic E-state index is 0.0398. The zero-order valence-electron chi connectivity index (χ0n) is 22.5. The van der Waals surface area contributed by atoms with Crippen LogP contribution in [0.25, 0.3) is 0 Å². The minimum Gasteiger partial charge on any atom is -0.507 e. The van der Waals surface area contributed by atoms with Crippen molar-refractivity contribution in [2.45, 2.75) is 58.1 Å². The molecule has 0 unspecified atom stereocenters. The van der Waals surface area contributed by atoms with Crippen molar-refractivity contribution in [2.24, 2.45) is 16.5 Å². The van der Waals surface area contributed by atoms with Crippen molar-refractivity contribution in [2.75, 3.05) is 13.2 Å². The molecule has 0 saturated carbocycles. The van der Waals surface area contributed by atoms with Crippen LogP contribution in [0.3, 0.4) is 0 Å². The monoisotopic (exact) mass is 573 g/mol. The molecule has 0 radical (unpaired) electrons. The number of carbonyl (C=O) groups is 3. The maximum absolute atomic E-state index is 13.6. The van der Waals surface area contributed by atoms with Gasteiger partial charge in [0.15, 0.2) is 17.5 Å². The van der Waals surface area contributed by atoms with Crippen molar-refractivity contribution in [3.05, 3.63) is 51.6 Å². The average Bonchev–Trinajstić information content (AvgIpc) is 2.91. The van der Waals surface area contributed by atoms with E-state index in [0.29, 0.717) is 0 Å². The normalized spacial score (nSPS) is 23.4. The third kappa shape index (κ3) is 5.73. The van der Waals surface area contributed by atoms with Crippen LogP contribution in [0, 0.1) is 6.92 Å². The number of nitrogens with zero attached hydrogens (tertiary/aromatic N) is 1. The molecule has 1 aliphatic heterocycles. The van der Waals surface area contributed by atoms with E-state index in [4.69, 9.17) is 30.4 Å². The molecule has 1 saturated heterocycles. The molecule has 8 N–H and O–H groups in total. The Hall–Kier alpha value is -4.08. The van der Waals surface area contributed by atoms with Gasteiger partial charge >= 0.3 is 5.97 Å². The Morgan fingerprint density at radius 2 is 1.76 bits per heavy atom. The number of rotatable bonds is 8. The van der Waals surface area contributed by atoms with E-state index in [9.17, 15) is 34.8 Å². The maximum atomic E-state index is 13.6. The van der Waals surface area contributed by atoms with Crippen molar-refractivity contribution in [3.63, 3.8) is 0 Å². The SMILES string of the molecule is CC(=O)Oc1cc(CO)c2c(c1)C(=O)c1cc(O[C@@H]3O[C@@H](C)[C@@H](O)[C@@H](O)[C@H]3OCCN=C(N)N)c(C)c(O)c1C2=O. The number of hydrogen-bond acceptors (Lipinski definition) is 12. The summed E-state index contributed by atoms with van der Waals surface area (Å²) in [7, 11) is 0. The summed E-state index contributed by atoms with van der Waals surface area (Å²) in [5.74, 6) is -2.90. The van der Waals surface area contributed by atoms with Gasteiger partial charge in [-0.1, -0.05) is 0 Å². The van der Waals surface area contributed by atoms with Gasteiger partial charge in [-0.3, -0.25) is 19.4 Å². The maximum Gasteiger partial charge on any atom is 0.308 e. The minimum atomic E-state index is -1.44. The van der Waals surface area contributed by atoms with E-state index in [1.54, 1.807) is 0 Å². The van der Waals surface area contributed by atoms with E-state index < -0.39 is 60.6 Å². The molecule has 0 bridgehead atoms. The predicted molar refractivity (Wildman–Crippen MR) is 141 cm³/mol. The quantitative estimate of drug-likeness (QED) is 0.0650. The summed E-state index contributed by atoms with van der Waals surface area (Å²) in [5.41, 5.74) is 9.98. The first kappa shape index (κ1) is 29.9. The molecule has 1 heterocycles. The molecule has 2 aromatic carbocycles. The first-order valence-corrected chi connectivity index (χ1v) is 12.6. The molecule has 14 nitrogen and oxygen atoms in total. The number of aliphatic hydroxyl groups is 3. The van der Waals surface area contributed by atoms with Gasteiger partial charge in [-0.15, -0.1) is 0 Å². The molecular weight excluding hydrogens is 542 g/mol. The van der Waals surface area contributed by atoms with Gasteiger partial charge in [-0.2, -0.15) is 0 Å². The number of hydrogen-bond donors (Lipinski definition) is 6. The summed E-state index contributed by atoms with van der Waals surface area (Å²) in [4.78, 5) is 42.4. The first-order chi connectivity index (χ1) is 19.3. The van der Waals surface area contributed by atoms with Gasteiger partial charge < -0.3 is 50.8 Å². The molecule has 5 atom stereocenters. The standard InChI is InChI=1S/C27H31N3O11/c1-10-17(41-26-25(38-5-4-30-27(28)29)24(37)21(34)11(2)39-26)8-16-19(20(10)33)23(36)18-13(9-31)6-14(40-12(3)32)7-15(18)22(16)35/h6-8,11,21,24-26,31,33-34,37H,4-5,9H2,1-3H3,(H4,28,29,30)/t11-,21+,24+,25+,26-/m0/s1.